The van der Waals surface area contributed by atoms with Crippen molar-refractivity contribution in [3.63, 3.8) is 0 Å². The van der Waals surface area contributed by atoms with Crippen LogP contribution in [-0.2, 0) is 20.9 Å². The van der Waals surface area contributed by atoms with Crippen LogP contribution in [0.1, 0.15) is 50.8 Å². The fraction of sp³-hybridized carbons (Fsp3) is 0.417. The van der Waals surface area contributed by atoms with E-state index < -0.39 is 23.7 Å². The van der Waals surface area contributed by atoms with Crippen molar-refractivity contribution in [1.29, 1.82) is 0 Å². The molecule has 0 bridgehead atoms. The summed E-state index contributed by atoms with van der Waals surface area (Å²) in [6.45, 7) is 5.91. The van der Waals surface area contributed by atoms with Crippen LogP contribution in [0, 0.1) is 0 Å². The van der Waals surface area contributed by atoms with E-state index in [9.17, 15) is 9.59 Å². The standard InChI is InChI=1S/C24H29NO5/c1-24(2,3)30-23(27)25-20(14-15-21(25)22(26)28-4)18-10-12-19(13-11-18)29-16-17-8-6-5-7-9-17/h5-13,20-21H,14-16H2,1-4H3/t20-,21-/m0/s1. The molecule has 2 aromatic rings. The van der Waals surface area contributed by atoms with Gasteiger partial charge in [0, 0.05) is 0 Å². The average Bonchev–Trinajstić information content (AvgIpc) is 3.17. The summed E-state index contributed by atoms with van der Waals surface area (Å²) in [5.74, 6) is 0.320. The van der Waals surface area contributed by atoms with Gasteiger partial charge in [-0.05, 0) is 56.9 Å². The van der Waals surface area contributed by atoms with Gasteiger partial charge in [-0.2, -0.15) is 0 Å². The van der Waals surface area contributed by atoms with Crippen LogP contribution in [0.25, 0.3) is 0 Å². The Morgan fingerprint density at radius 2 is 1.67 bits per heavy atom. The zero-order valence-electron chi connectivity index (χ0n) is 18.0. The molecule has 0 radical (unpaired) electrons. The lowest BCUT2D eigenvalue weighted by atomic mass is 10.0. The van der Waals surface area contributed by atoms with E-state index in [0.717, 1.165) is 16.9 Å². The minimum atomic E-state index is -0.653. The first-order valence-corrected chi connectivity index (χ1v) is 10.1. The average molecular weight is 411 g/mol. The number of carbonyl (C=O) groups is 2. The number of hydrogen-bond donors (Lipinski definition) is 0. The van der Waals surface area contributed by atoms with Crippen molar-refractivity contribution in [3.05, 3.63) is 65.7 Å². The highest BCUT2D eigenvalue weighted by molar-refractivity contribution is 5.82. The summed E-state index contributed by atoms with van der Waals surface area (Å²) in [5.41, 5.74) is 1.37. The van der Waals surface area contributed by atoms with Crippen molar-refractivity contribution in [3.8, 4) is 5.75 Å². The number of nitrogens with zero attached hydrogens (tertiary/aromatic N) is 1. The van der Waals surface area contributed by atoms with Crippen molar-refractivity contribution < 1.29 is 23.8 Å². The fourth-order valence-corrected chi connectivity index (χ4v) is 3.60. The number of esters is 1. The van der Waals surface area contributed by atoms with Crippen LogP contribution >= 0.6 is 0 Å². The van der Waals surface area contributed by atoms with Gasteiger partial charge in [-0.15, -0.1) is 0 Å². The normalized spacial score (nSPS) is 18.7. The Morgan fingerprint density at radius 1 is 1.00 bits per heavy atom. The number of carbonyl (C=O) groups excluding carboxylic acids is 2. The van der Waals surface area contributed by atoms with E-state index in [1.165, 1.54) is 12.0 Å². The molecule has 0 aromatic heterocycles. The summed E-state index contributed by atoms with van der Waals surface area (Å²) in [7, 11) is 1.34. The summed E-state index contributed by atoms with van der Waals surface area (Å²) >= 11 is 0. The lowest BCUT2D eigenvalue weighted by molar-refractivity contribution is -0.146. The molecule has 1 saturated heterocycles. The molecule has 160 valence electrons. The molecule has 0 N–H and O–H groups in total. The molecule has 3 rings (SSSR count). The van der Waals surface area contributed by atoms with E-state index >= 15 is 0 Å². The molecule has 0 spiro atoms. The SMILES string of the molecule is COC(=O)[C@@H]1CC[C@@H](c2ccc(OCc3ccccc3)cc2)N1C(=O)OC(C)(C)C. The van der Waals surface area contributed by atoms with E-state index in [1.54, 1.807) is 0 Å². The molecule has 1 heterocycles. The van der Waals surface area contributed by atoms with E-state index in [2.05, 4.69) is 0 Å². The molecular weight excluding hydrogens is 382 g/mol. The highest BCUT2D eigenvalue weighted by atomic mass is 16.6. The Kier molecular flexibility index (Phi) is 6.65. The Bertz CT molecular complexity index is 857. The van der Waals surface area contributed by atoms with Crippen LogP contribution in [0.5, 0.6) is 5.75 Å². The van der Waals surface area contributed by atoms with Crippen molar-refractivity contribution >= 4 is 12.1 Å². The third kappa shape index (κ3) is 5.32. The number of methoxy groups -OCH3 is 1. The predicted molar refractivity (Wildman–Crippen MR) is 113 cm³/mol. The molecule has 6 nitrogen and oxygen atoms in total. The Morgan fingerprint density at radius 3 is 2.27 bits per heavy atom. The van der Waals surface area contributed by atoms with Gasteiger partial charge in [-0.3, -0.25) is 4.90 Å². The van der Waals surface area contributed by atoms with Crippen molar-refractivity contribution in [1.82, 2.24) is 4.90 Å². The predicted octanol–water partition coefficient (Wildman–Crippen LogP) is 4.88. The second-order valence-corrected chi connectivity index (χ2v) is 8.36. The summed E-state index contributed by atoms with van der Waals surface area (Å²) in [5, 5.41) is 0. The number of amides is 1. The smallest absolute Gasteiger partial charge is 0.411 e. The lowest BCUT2D eigenvalue weighted by Gasteiger charge is -2.31. The van der Waals surface area contributed by atoms with Crippen LogP contribution in [0.3, 0.4) is 0 Å². The third-order valence-corrected chi connectivity index (χ3v) is 4.98. The maximum atomic E-state index is 12.9. The Balaban J connectivity index is 1.75. The highest BCUT2D eigenvalue weighted by Crippen LogP contribution is 2.38. The van der Waals surface area contributed by atoms with E-state index in [1.807, 2.05) is 75.4 Å². The lowest BCUT2D eigenvalue weighted by Crippen LogP contribution is -2.44. The van der Waals surface area contributed by atoms with Crippen LogP contribution in [0.15, 0.2) is 54.6 Å². The number of ether oxygens (including phenoxy) is 3. The van der Waals surface area contributed by atoms with Gasteiger partial charge in [-0.1, -0.05) is 42.5 Å². The first-order valence-electron chi connectivity index (χ1n) is 10.1. The van der Waals surface area contributed by atoms with E-state index in [-0.39, 0.29) is 6.04 Å². The van der Waals surface area contributed by atoms with Gasteiger partial charge in [0.25, 0.3) is 0 Å². The zero-order valence-corrected chi connectivity index (χ0v) is 18.0. The first kappa shape index (κ1) is 21.7. The maximum Gasteiger partial charge on any atom is 0.411 e. The summed E-state index contributed by atoms with van der Waals surface area (Å²) in [6.07, 6.45) is 0.677. The molecule has 0 saturated carbocycles. The van der Waals surface area contributed by atoms with E-state index in [0.29, 0.717) is 19.4 Å². The van der Waals surface area contributed by atoms with Gasteiger partial charge in [0.15, 0.2) is 0 Å². The topological polar surface area (TPSA) is 65.1 Å². The molecule has 1 amide bonds. The molecule has 6 heteroatoms. The summed E-state index contributed by atoms with van der Waals surface area (Å²) < 4.78 is 16.3. The molecule has 2 aromatic carbocycles. The van der Waals surface area contributed by atoms with Gasteiger partial charge >= 0.3 is 12.1 Å². The summed E-state index contributed by atoms with van der Waals surface area (Å²) in [4.78, 5) is 26.6. The number of rotatable bonds is 5. The minimum absolute atomic E-state index is 0.257. The second kappa shape index (κ2) is 9.20. The number of benzene rings is 2. The Hall–Kier alpha value is -3.02. The number of likely N-dealkylation sites (tertiary alicyclic amines) is 1. The second-order valence-electron chi connectivity index (χ2n) is 8.36. The molecule has 1 aliphatic heterocycles. The summed E-state index contributed by atoms with van der Waals surface area (Å²) in [6, 6.07) is 16.7. The molecule has 0 unspecified atom stereocenters. The largest absolute Gasteiger partial charge is 0.489 e. The minimum Gasteiger partial charge on any atom is -0.489 e. The molecule has 1 aliphatic rings. The first-order chi connectivity index (χ1) is 14.3. The van der Waals surface area contributed by atoms with Gasteiger partial charge < -0.3 is 14.2 Å². The molecule has 30 heavy (non-hydrogen) atoms. The monoisotopic (exact) mass is 411 g/mol. The molecular formula is C24H29NO5. The van der Waals surface area contributed by atoms with Gasteiger partial charge in [0.2, 0.25) is 0 Å². The quantitative estimate of drug-likeness (QED) is 0.656. The zero-order chi connectivity index (χ0) is 21.7. The van der Waals surface area contributed by atoms with Crippen LogP contribution < -0.4 is 4.74 Å². The number of hydrogen-bond acceptors (Lipinski definition) is 5. The van der Waals surface area contributed by atoms with Crippen molar-refractivity contribution in [2.45, 2.75) is 57.9 Å². The van der Waals surface area contributed by atoms with Gasteiger partial charge in [-0.25, -0.2) is 9.59 Å². The fourth-order valence-electron chi connectivity index (χ4n) is 3.60. The van der Waals surface area contributed by atoms with Crippen molar-refractivity contribution in [2.24, 2.45) is 0 Å². The van der Waals surface area contributed by atoms with Crippen molar-refractivity contribution in [2.75, 3.05) is 7.11 Å². The van der Waals surface area contributed by atoms with Crippen LogP contribution in [-0.4, -0.2) is 35.7 Å². The Labute approximate surface area is 177 Å². The van der Waals surface area contributed by atoms with Gasteiger partial charge in [0.1, 0.15) is 24.0 Å². The van der Waals surface area contributed by atoms with Gasteiger partial charge in [0.05, 0.1) is 13.2 Å². The molecule has 0 aliphatic carbocycles. The molecule has 2 atom stereocenters. The highest BCUT2D eigenvalue weighted by Gasteiger charge is 2.44. The maximum absolute atomic E-state index is 12.9. The third-order valence-electron chi connectivity index (χ3n) is 4.98. The van der Waals surface area contributed by atoms with E-state index in [4.69, 9.17) is 14.2 Å². The van der Waals surface area contributed by atoms with Crippen LogP contribution in [0.4, 0.5) is 4.79 Å². The van der Waals surface area contributed by atoms with Crippen LogP contribution in [0.2, 0.25) is 0 Å². The molecule has 1 fully saturated rings.